The van der Waals surface area contributed by atoms with Crippen LogP contribution in [0.4, 0.5) is 15.3 Å². The molecule has 18 nitrogen and oxygen atoms in total. The average molecular weight is 1020 g/mol. The number of hydrogen-bond acceptors (Lipinski definition) is 11. The first-order valence-corrected chi connectivity index (χ1v) is 26.3. The van der Waals surface area contributed by atoms with Gasteiger partial charge in [0, 0.05) is 73.9 Å². The number of ether oxygens (including phenoxy) is 4. The fourth-order valence-corrected chi connectivity index (χ4v) is 11.2. The summed E-state index contributed by atoms with van der Waals surface area (Å²) >= 11 is 0. The number of alkyl carbamates (subject to hydrolysis) is 2. The summed E-state index contributed by atoms with van der Waals surface area (Å²) in [5.74, 6) is 0.425. The van der Waals surface area contributed by atoms with Gasteiger partial charge in [-0.1, -0.05) is 76.2 Å². The minimum absolute atomic E-state index is 0.127. The minimum atomic E-state index is -0.712. The number of amides is 4. The molecule has 10 rings (SSSR count). The Kier molecular flexibility index (Phi) is 14.8. The van der Waals surface area contributed by atoms with Gasteiger partial charge in [-0.15, -0.1) is 0 Å². The van der Waals surface area contributed by atoms with Crippen LogP contribution in [0.25, 0.3) is 50.7 Å². The number of H-pyrrole nitrogens is 2. The average Bonchev–Trinajstić information content (AvgIpc) is 4.32. The van der Waals surface area contributed by atoms with E-state index in [4.69, 9.17) is 28.9 Å². The van der Waals surface area contributed by atoms with Crippen molar-refractivity contribution in [3.05, 3.63) is 109 Å². The number of carbonyl (C=O) groups is 4. The fourth-order valence-electron chi connectivity index (χ4n) is 11.2. The monoisotopic (exact) mass is 1020 g/mol. The third kappa shape index (κ3) is 10.5. The lowest BCUT2D eigenvalue weighted by molar-refractivity contribution is -0.169. The Balaban J connectivity index is 0.906. The number of likely N-dealkylation sites (tertiary alicyclic amines) is 2. The Hall–Kier alpha value is -7.44. The summed E-state index contributed by atoms with van der Waals surface area (Å²) in [5, 5.41) is 5.45. The molecule has 4 aliphatic heterocycles. The van der Waals surface area contributed by atoms with Crippen LogP contribution in [-0.2, 0) is 28.5 Å². The van der Waals surface area contributed by atoms with Crippen LogP contribution in [0.5, 0.6) is 0 Å². The topological polar surface area (TPSA) is 201 Å². The number of anilines is 1. The lowest BCUT2D eigenvalue weighted by Crippen LogP contribution is -2.51. The molecule has 4 N–H and O–H groups in total. The van der Waals surface area contributed by atoms with Crippen molar-refractivity contribution in [1.82, 2.24) is 44.9 Å². The molecule has 4 amide bonds. The largest absolute Gasteiger partial charge is 0.453 e. The zero-order chi connectivity index (χ0) is 52.4. The van der Waals surface area contributed by atoms with Crippen LogP contribution in [0.2, 0.25) is 0 Å². The standard InChI is InChI=1S/C57H68N10O8/c1-35(2)49(62-55(70)72-5)53(68)65-27-7-9-47(65)51-58-33-43(60-51)37-11-15-39(16-12-37)45-23-24-46(67(45)42-21-19-41(20-22-42)64-29-25-57(26-30-64)74-31-32-75-57)40-17-13-38(14-18-40)44-34-59-52(61-44)48-10-8-28-66(48)54(69)50(36(3)4)63-56(71)73-6/h11-24,33-36,47-50H,7-10,25-32H2,1-6H3,(H,58,60)(H,59,61)(H,62,70)(H,63,71)/t47-,48-,49-,50-/m0/s1. The number of hydrogen-bond donors (Lipinski definition) is 4. The maximum absolute atomic E-state index is 13.8. The number of nitrogens with zero attached hydrogens (tertiary/aromatic N) is 6. The van der Waals surface area contributed by atoms with E-state index in [0.717, 1.165) is 108 Å². The zero-order valence-electron chi connectivity index (χ0n) is 43.6. The molecule has 0 saturated carbocycles. The number of benzene rings is 3. The van der Waals surface area contributed by atoms with Gasteiger partial charge in [0.15, 0.2) is 5.79 Å². The van der Waals surface area contributed by atoms with Crippen molar-refractivity contribution < 1.29 is 38.1 Å². The number of rotatable bonds is 14. The Morgan fingerprint density at radius 1 is 0.587 bits per heavy atom. The smallest absolute Gasteiger partial charge is 0.407 e. The number of aromatic nitrogens is 5. The van der Waals surface area contributed by atoms with E-state index in [-0.39, 0.29) is 35.7 Å². The molecule has 0 bridgehead atoms. The summed E-state index contributed by atoms with van der Waals surface area (Å²) in [5.41, 5.74) is 9.66. The highest BCUT2D eigenvalue weighted by molar-refractivity contribution is 5.87. The first kappa shape index (κ1) is 51.1. The van der Waals surface area contributed by atoms with Gasteiger partial charge in [-0.2, -0.15) is 0 Å². The van der Waals surface area contributed by atoms with E-state index in [1.54, 1.807) is 0 Å². The van der Waals surface area contributed by atoms with Crippen molar-refractivity contribution >= 4 is 29.7 Å². The SMILES string of the molecule is COC(=O)N[C@H](C(=O)N1CCC[C@H]1c1nc(-c2ccc(-c3ccc(-c4ccc(-c5c[nH]c([C@@H]6CCCN6C(=O)[C@@H](NC(=O)OC)C(C)C)n5)cc4)n3-c3ccc(N4CCC5(CC4)OCCO5)cc3)cc2)c[nH]1)C(C)C. The maximum atomic E-state index is 13.8. The minimum Gasteiger partial charge on any atom is -0.453 e. The summed E-state index contributed by atoms with van der Waals surface area (Å²) in [6.07, 6.45) is 7.36. The molecule has 4 saturated heterocycles. The van der Waals surface area contributed by atoms with Gasteiger partial charge in [0.2, 0.25) is 11.8 Å². The second-order valence-corrected chi connectivity index (χ2v) is 20.6. The highest BCUT2D eigenvalue weighted by Gasteiger charge is 2.41. The van der Waals surface area contributed by atoms with Gasteiger partial charge in [0.1, 0.15) is 23.7 Å². The fraction of sp³-hybridized carbons (Fsp3) is 0.439. The molecule has 394 valence electrons. The van der Waals surface area contributed by atoms with Gasteiger partial charge in [0.25, 0.3) is 0 Å². The molecule has 3 aromatic heterocycles. The van der Waals surface area contributed by atoms with Gasteiger partial charge in [-0.25, -0.2) is 19.6 Å². The van der Waals surface area contributed by atoms with Crippen molar-refractivity contribution in [2.75, 3.05) is 58.5 Å². The quantitative estimate of drug-likeness (QED) is 0.0811. The predicted molar refractivity (Wildman–Crippen MR) is 284 cm³/mol. The number of imidazole rings is 2. The van der Waals surface area contributed by atoms with Crippen LogP contribution in [0.3, 0.4) is 0 Å². The molecule has 75 heavy (non-hydrogen) atoms. The van der Waals surface area contributed by atoms with Gasteiger partial charge in [-0.05, 0) is 85.0 Å². The molecule has 0 radical (unpaired) electrons. The van der Waals surface area contributed by atoms with Crippen LogP contribution < -0.4 is 15.5 Å². The van der Waals surface area contributed by atoms with E-state index in [1.807, 2.05) is 49.9 Å². The third-order valence-corrected chi connectivity index (χ3v) is 15.3. The molecule has 4 aliphatic rings. The molecule has 18 heteroatoms. The molecule has 7 heterocycles. The maximum Gasteiger partial charge on any atom is 0.407 e. The van der Waals surface area contributed by atoms with Gasteiger partial charge >= 0.3 is 12.2 Å². The molecule has 0 aliphatic carbocycles. The second kappa shape index (κ2) is 21.8. The van der Waals surface area contributed by atoms with E-state index < -0.39 is 30.1 Å². The number of piperidine rings is 1. The molecular formula is C57H68N10O8. The number of carbonyl (C=O) groups excluding carboxylic acids is 4. The summed E-state index contributed by atoms with van der Waals surface area (Å²) in [6, 6.07) is 28.0. The lowest BCUT2D eigenvalue weighted by atomic mass is 10.0. The Labute approximate surface area is 437 Å². The summed E-state index contributed by atoms with van der Waals surface area (Å²) in [7, 11) is 2.59. The summed E-state index contributed by atoms with van der Waals surface area (Å²) in [4.78, 5) is 74.7. The van der Waals surface area contributed by atoms with Crippen molar-refractivity contribution in [3.8, 4) is 50.7 Å². The first-order chi connectivity index (χ1) is 36.3. The first-order valence-electron chi connectivity index (χ1n) is 26.3. The molecule has 3 aromatic carbocycles. The van der Waals surface area contributed by atoms with Crippen molar-refractivity contribution in [3.63, 3.8) is 0 Å². The molecule has 4 atom stereocenters. The number of nitrogens with one attached hydrogen (secondary N) is 4. The normalized spacial score (nSPS) is 19.2. The van der Waals surface area contributed by atoms with Crippen molar-refractivity contribution in [1.29, 1.82) is 0 Å². The zero-order valence-corrected chi connectivity index (χ0v) is 43.6. The molecular weight excluding hydrogens is 953 g/mol. The van der Waals surface area contributed by atoms with Crippen molar-refractivity contribution in [2.24, 2.45) is 11.8 Å². The second-order valence-electron chi connectivity index (χ2n) is 20.6. The van der Waals surface area contributed by atoms with E-state index in [1.165, 1.54) is 14.2 Å². The third-order valence-electron chi connectivity index (χ3n) is 15.3. The van der Waals surface area contributed by atoms with Crippen LogP contribution in [0, 0.1) is 11.8 Å². The Morgan fingerprint density at radius 3 is 1.41 bits per heavy atom. The Morgan fingerprint density at radius 2 is 1.00 bits per heavy atom. The molecule has 4 fully saturated rings. The van der Waals surface area contributed by atoms with E-state index >= 15 is 0 Å². The highest BCUT2D eigenvalue weighted by Crippen LogP contribution is 2.39. The van der Waals surface area contributed by atoms with Gasteiger partial charge in [-0.3, -0.25) is 9.59 Å². The van der Waals surface area contributed by atoms with E-state index in [9.17, 15) is 19.2 Å². The predicted octanol–water partition coefficient (Wildman–Crippen LogP) is 9.02. The van der Waals surface area contributed by atoms with E-state index in [0.29, 0.717) is 38.0 Å². The van der Waals surface area contributed by atoms with Gasteiger partial charge in [0.05, 0.1) is 62.3 Å². The van der Waals surface area contributed by atoms with Crippen LogP contribution >= 0.6 is 0 Å². The number of methoxy groups -OCH3 is 2. The Bertz CT molecular complexity index is 2810. The molecule has 6 aromatic rings. The van der Waals surface area contributed by atoms with Crippen LogP contribution in [0.1, 0.15) is 90.0 Å². The lowest BCUT2D eigenvalue weighted by Gasteiger charge is -2.38. The molecule has 1 spiro atoms. The van der Waals surface area contributed by atoms with Gasteiger partial charge < -0.3 is 58.8 Å². The van der Waals surface area contributed by atoms with Crippen molar-refractivity contribution in [2.45, 2.75) is 96.2 Å². The number of aromatic amines is 2. The highest BCUT2D eigenvalue weighted by atomic mass is 16.7. The molecule has 0 unspecified atom stereocenters. The van der Waals surface area contributed by atoms with Crippen LogP contribution in [0.15, 0.2) is 97.3 Å². The summed E-state index contributed by atoms with van der Waals surface area (Å²) in [6.45, 7) is 11.8. The van der Waals surface area contributed by atoms with E-state index in [2.05, 4.69) is 115 Å². The van der Waals surface area contributed by atoms with Crippen LogP contribution in [-0.4, -0.2) is 130 Å². The summed E-state index contributed by atoms with van der Waals surface area (Å²) < 4.78 is 24.0.